The van der Waals surface area contributed by atoms with Crippen LogP contribution in [0.1, 0.15) is 21.5 Å². The van der Waals surface area contributed by atoms with Gasteiger partial charge in [0.25, 0.3) is 5.91 Å². The van der Waals surface area contributed by atoms with Crippen molar-refractivity contribution >= 4 is 16.8 Å². The van der Waals surface area contributed by atoms with Gasteiger partial charge in [0.2, 0.25) is 5.43 Å². The molecule has 134 valence electrons. The highest BCUT2D eigenvalue weighted by atomic mass is 19.1. The van der Waals surface area contributed by atoms with E-state index in [-0.39, 0.29) is 23.4 Å². The monoisotopic (exact) mass is 369 g/mol. The van der Waals surface area contributed by atoms with E-state index in [0.29, 0.717) is 33.4 Å². The molecule has 0 saturated carbocycles. The average molecular weight is 369 g/mol. The topological polar surface area (TPSA) is 67.8 Å². The number of rotatable bonds is 2. The van der Waals surface area contributed by atoms with E-state index in [9.17, 15) is 19.2 Å². The molecule has 1 aliphatic heterocycles. The number of hydrogen-bond acceptors (Lipinski definition) is 3. The molecule has 1 aliphatic rings. The lowest BCUT2D eigenvalue weighted by Gasteiger charge is -2.17. The number of para-hydroxylation sites is 1. The summed E-state index contributed by atoms with van der Waals surface area (Å²) >= 11 is 0. The molecule has 0 fully saturated rings. The summed E-state index contributed by atoms with van der Waals surface area (Å²) in [5.74, 6) is -0.824. The van der Waals surface area contributed by atoms with Crippen molar-refractivity contribution in [1.82, 2.24) is 9.13 Å². The van der Waals surface area contributed by atoms with E-state index in [1.807, 2.05) is 4.57 Å². The fourth-order valence-corrected chi connectivity index (χ4v) is 3.87. The van der Waals surface area contributed by atoms with E-state index in [1.165, 1.54) is 22.8 Å². The summed E-state index contributed by atoms with van der Waals surface area (Å²) in [6.45, 7) is 0.155. The molecule has 0 aliphatic carbocycles. The Morgan fingerprint density at radius 3 is 2.68 bits per heavy atom. The second-order valence-electron chi connectivity index (χ2n) is 6.64. The van der Waals surface area contributed by atoms with Crippen LogP contribution in [-0.4, -0.2) is 15.0 Å². The number of nitrogens with zero attached hydrogens (tertiary/aromatic N) is 3. The minimum Gasteiger partial charge on any atom is -0.334 e. The van der Waals surface area contributed by atoms with Crippen molar-refractivity contribution in [3.8, 4) is 17.5 Å². The molecule has 6 heteroatoms. The Bertz CT molecular complexity index is 1410. The first kappa shape index (κ1) is 16.2. The summed E-state index contributed by atoms with van der Waals surface area (Å²) in [6, 6.07) is 16.6. The highest BCUT2D eigenvalue weighted by molar-refractivity contribution is 6.10. The van der Waals surface area contributed by atoms with Crippen LogP contribution in [0.15, 0.2) is 65.6 Å². The molecular formula is C22H12FN3O2. The Labute approximate surface area is 158 Å². The van der Waals surface area contributed by atoms with Gasteiger partial charge in [-0.15, -0.1) is 0 Å². The molecule has 0 N–H and O–H groups in total. The van der Waals surface area contributed by atoms with Gasteiger partial charge in [-0.1, -0.05) is 12.1 Å². The van der Waals surface area contributed by atoms with Crippen LogP contribution < -0.4 is 5.43 Å². The molecule has 0 bridgehead atoms. The fourth-order valence-electron chi connectivity index (χ4n) is 3.87. The Hall–Kier alpha value is -3.98. The minimum atomic E-state index is -0.449. The predicted octanol–water partition coefficient (Wildman–Crippen LogP) is 3.53. The largest absolute Gasteiger partial charge is 0.334 e. The van der Waals surface area contributed by atoms with Crippen molar-refractivity contribution in [2.75, 3.05) is 0 Å². The van der Waals surface area contributed by atoms with E-state index < -0.39 is 5.82 Å². The van der Waals surface area contributed by atoms with Gasteiger partial charge in [-0.3, -0.25) is 14.2 Å². The molecule has 2 aromatic carbocycles. The Morgan fingerprint density at radius 2 is 1.86 bits per heavy atom. The maximum absolute atomic E-state index is 13.9. The predicted molar refractivity (Wildman–Crippen MR) is 102 cm³/mol. The molecular weight excluding hydrogens is 357 g/mol. The molecule has 5 rings (SSSR count). The van der Waals surface area contributed by atoms with Crippen molar-refractivity contribution in [3.63, 3.8) is 0 Å². The standard InChI is InChI=1S/C22H12FN3O2/c23-15-8-7-13(11-24)14(10-15)12-26-17-5-2-1-4-16(17)21(27)19-20(26)18-6-3-9-25(18)22(19)28/h1-10H,12H2. The van der Waals surface area contributed by atoms with Gasteiger partial charge in [-0.2, -0.15) is 5.26 Å². The average Bonchev–Trinajstić information content (AvgIpc) is 3.28. The van der Waals surface area contributed by atoms with Crippen LogP contribution in [0.3, 0.4) is 0 Å². The number of hydrogen-bond donors (Lipinski definition) is 0. The molecule has 3 heterocycles. The van der Waals surface area contributed by atoms with Gasteiger partial charge in [0.15, 0.2) is 0 Å². The van der Waals surface area contributed by atoms with Crippen LogP contribution in [0, 0.1) is 17.1 Å². The highest BCUT2D eigenvalue weighted by Crippen LogP contribution is 2.33. The molecule has 0 amide bonds. The van der Waals surface area contributed by atoms with Gasteiger partial charge in [-0.25, -0.2) is 4.39 Å². The van der Waals surface area contributed by atoms with Crippen molar-refractivity contribution in [1.29, 1.82) is 5.26 Å². The maximum Gasteiger partial charge on any atom is 0.268 e. The summed E-state index contributed by atoms with van der Waals surface area (Å²) in [4.78, 5) is 25.9. The smallest absolute Gasteiger partial charge is 0.268 e. The summed E-state index contributed by atoms with van der Waals surface area (Å²) < 4.78 is 17.1. The second kappa shape index (κ2) is 5.76. The van der Waals surface area contributed by atoms with E-state index >= 15 is 0 Å². The van der Waals surface area contributed by atoms with Crippen LogP contribution >= 0.6 is 0 Å². The number of carbonyl (C=O) groups excluding carboxylic acids is 1. The summed E-state index contributed by atoms with van der Waals surface area (Å²) in [6.07, 6.45) is 1.62. The molecule has 0 atom stereocenters. The first-order chi connectivity index (χ1) is 13.6. The third-order valence-corrected chi connectivity index (χ3v) is 5.11. The van der Waals surface area contributed by atoms with Gasteiger partial charge >= 0.3 is 0 Å². The third-order valence-electron chi connectivity index (χ3n) is 5.11. The lowest BCUT2D eigenvalue weighted by atomic mass is 10.0. The van der Waals surface area contributed by atoms with Gasteiger partial charge in [0.05, 0.1) is 28.5 Å². The van der Waals surface area contributed by atoms with Crippen molar-refractivity contribution < 1.29 is 9.18 Å². The SMILES string of the molecule is N#Cc1ccc(F)cc1Cn1c2c(c(=O)c3ccccc31)C(=O)n1cccc1-2. The molecule has 0 spiro atoms. The lowest BCUT2D eigenvalue weighted by molar-refractivity contribution is 0.0968. The summed E-state index contributed by atoms with van der Waals surface area (Å²) in [5, 5.41) is 9.83. The Kier molecular flexibility index (Phi) is 3.34. The molecule has 0 unspecified atom stereocenters. The first-order valence-corrected chi connectivity index (χ1v) is 8.66. The van der Waals surface area contributed by atoms with Crippen molar-refractivity contribution in [2.24, 2.45) is 0 Å². The van der Waals surface area contributed by atoms with E-state index in [1.54, 1.807) is 42.6 Å². The number of halogens is 1. The van der Waals surface area contributed by atoms with Crippen LogP contribution in [0.25, 0.3) is 22.3 Å². The number of nitriles is 1. The van der Waals surface area contributed by atoms with Gasteiger partial charge in [0, 0.05) is 18.1 Å². The number of pyridine rings is 1. The zero-order valence-electron chi connectivity index (χ0n) is 14.5. The molecule has 4 aromatic rings. The number of carbonyl (C=O) groups is 1. The first-order valence-electron chi connectivity index (χ1n) is 8.66. The van der Waals surface area contributed by atoms with Crippen LogP contribution in [-0.2, 0) is 6.54 Å². The highest BCUT2D eigenvalue weighted by Gasteiger charge is 2.32. The maximum atomic E-state index is 13.9. The third kappa shape index (κ3) is 2.10. The fraction of sp³-hybridized carbons (Fsp3) is 0.0455. The minimum absolute atomic E-state index is 0.101. The summed E-state index contributed by atoms with van der Waals surface area (Å²) in [5.41, 5.74) is 2.33. The normalized spacial score (nSPS) is 12.1. The Balaban J connectivity index is 1.89. The zero-order valence-corrected chi connectivity index (χ0v) is 14.5. The van der Waals surface area contributed by atoms with Crippen molar-refractivity contribution in [3.05, 3.63) is 93.5 Å². The van der Waals surface area contributed by atoms with Crippen LogP contribution in [0.5, 0.6) is 0 Å². The lowest BCUT2D eigenvalue weighted by Crippen LogP contribution is -2.20. The number of fused-ring (bicyclic) bond motifs is 4. The van der Waals surface area contributed by atoms with E-state index in [0.717, 1.165) is 0 Å². The van der Waals surface area contributed by atoms with Crippen LogP contribution in [0.2, 0.25) is 0 Å². The molecule has 28 heavy (non-hydrogen) atoms. The van der Waals surface area contributed by atoms with Gasteiger partial charge in [-0.05, 0) is 48.0 Å². The molecule has 0 saturated heterocycles. The van der Waals surface area contributed by atoms with Gasteiger partial charge < -0.3 is 4.57 Å². The van der Waals surface area contributed by atoms with Crippen molar-refractivity contribution in [2.45, 2.75) is 6.54 Å². The molecule has 0 radical (unpaired) electrons. The molecule has 5 nitrogen and oxygen atoms in total. The number of aromatic nitrogens is 2. The second-order valence-corrected chi connectivity index (χ2v) is 6.64. The Morgan fingerprint density at radius 1 is 1.04 bits per heavy atom. The quantitative estimate of drug-likeness (QED) is 0.478. The van der Waals surface area contributed by atoms with Crippen LogP contribution in [0.4, 0.5) is 4.39 Å². The molecule has 2 aromatic heterocycles. The van der Waals surface area contributed by atoms with Gasteiger partial charge in [0.1, 0.15) is 11.4 Å². The zero-order chi connectivity index (χ0) is 19.4. The summed E-state index contributed by atoms with van der Waals surface area (Å²) in [7, 11) is 0. The number of benzene rings is 2. The van der Waals surface area contributed by atoms with E-state index in [2.05, 4.69) is 6.07 Å². The van der Waals surface area contributed by atoms with E-state index in [4.69, 9.17) is 0 Å².